The zero-order valence-electron chi connectivity index (χ0n) is 20.4. The lowest BCUT2D eigenvalue weighted by molar-refractivity contribution is -0.0133. The van der Waals surface area contributed by atoms with Gasteiger partial charge in [-0.15, -0.1) is 0 Å². The van der Waals surface area contributed by atoms with Crippen molar-refractivity contribution in [3.63, 3.8) is 0 Å². The van der Waals surface area contributed by atoms with Crippen LogP contribution in [0.3, 0.4) is 0 Å². The monoisotopic (exact) mass is 523 g/mol. The standard InChI is InChI=1S/C28H31Cl2N5O/c1-16-25(28(36)33-8-7-32-26-20-10-17-9-18(12-20)13-21(26)11-17)34-35(24-5-4-22(29)14-23(24)30)27(16)19-3-2-6-31-15-19/h2-6,14-15,17-18,20-21,26,32H,7-13H2,1H3,(H,33,36). The molecule has 4 aliphatic carbocycles. The lowest BCUT2D eigenvalue weighted by Crippen LogP contribution is -2.55. The molecule has 4 saturated carbocycles. The van der Waals surface area contributed by atoms with Crippen molar-refractivity contribution in [3.05, 3.63) is 64.0 Å². The van der Waals surface area contributed by atoms with Crippen molar-refractivity contribution in [2.24, 2.45) is 23.7 Å². The topological polar surface area (TPSA) is 71.8 Å². The molecule has 6 nitrogen and oxygen atoms in total. The maximum Gasteiger partial charge on any atom is 0.272 e. The Morgan fingerprint density at radius 3 is 2.47 bits per heavy atom. The van der Waals surface area contributed by atoms with Crippen molar-refractivity contribution in [2.75, 3.05) is 13.1 Å². The summed E-state index contributed by atoms with van der Waals surface area (Å²) in [6.07, 6.45) is 10.5. The van der Waals surface area contributed by atoms with Crippen LogP contribution in [0.25, 0.3) is 16.9 Å². The number of amides is 1. The molecule has 2 N–H and O–H groups in total. The summed E-state index contributed by atoms with van der Waals surface area (Å²) >= 11 is 12.6. The molecule has 2 aromatic heterocycles. The van der Waals surface area contributed by atoms with Gasteiger partial charge < -0.3 is 10.6 Å². The molecule has 4 aliphatic rings. The second-order valence-electron chi connectivity index (χ2n) is 10.7. The molecule has 0 spiro atoms. The van der Waals surface area contributed by atoms with Crippen LogP contribution in [0.2, 0.25) is 10.0 Å². The van der Waals surface area contributed by atoms with Crippen LogP contribution in [0, 0.1) is 30.6 Å². The number of nitrogens with zero attached hydrogens (tertiary/aromatic N) is 3. The fourth-order valence-corrected chi connectivity index (χ4v) is 7.63. The molecule has 3 aromatic rings. The summed E-state index contributed by atoms with van der Waals surface area (Å²) in [5.74, 6) is 3.38. The first kappa shape index (κ1) is 24.0. The number of aromatic nitrogens is 3. The van der Waals surface area contributed by atoms with Gasteiger partial charge >= 0.3 is 0 Å². The summed E-state index contributed by atoms with van der Waals surface area (Å²) < 4.78 is 1.71. The van der Waals surface area contributed by atoms with Crippen molar-refractivity contribution >= 4 is 29.1 Å². The van der Waals surface area contributed by atoms with E-state index in [0.29, 0.717) is 34.0 Å². The highest BCUT2D eigenvalue weighted by Crippen LogP contribution is 2.53. The molecule has 0 aliphatic heterocycles. The molecule has 8 heteroatoms. The van der Waals surface area contributed by atoms with Crippen LogP contribution < -0.4 is 10.6 Å². The van der Waals surface area contributed by atoms with Gasteiger partial charge in [-0.25, -0.2) is 4.68 Å². The van der Waals surface area contributed by atoms with E-state index in [1.54, 1.807) is 29.2 Å². The van der Waals surface area contributed by atoms with Gasteiger partial charge in [0, 0.05) is 47.7 Å². The Kier molecular flexibility index (Phi) is 6.53. The van der Waals surface area contributed by atoms with Crippen molar-refractivity contribution in [3.8, 4) is 16.9 Å². The Balaban J connectivity index is 1.18. The zero-order valence-corrected chi connectivity index (χ0v) is 21.9. The first-order valence-corrected chi connectivity index (χ1v) is 13.7. The van der Waals surface area contributed by atoms with Crippen LogP contribution in [-0.4, -0.2) is 39.8 Å². The largest absolute Gasteiger partial charge is 0.349 e. The highest BCUT2D eigenvalue weighted by Gasteiger charge is 2.47. The minimum atomic E-state index is -0.187. The Morgan fingerprint density at radius 2 is 1.81 bits per heavy atom. The average Bonchev–Trinajstić information content (AvgIpc) is 3.20. The Labute approximate surface area is 221 Å². The normalized spacial score (nSPS) is 26.4. The molecule has 7 rings (SSSR count). The first-order valence-electron chi connectivity index (χ1n) is 12.9. The number of hydrogen-bond acceptors (Lipinski definition) is 4. The van der Waals surface area contributed by atoms with E-state index in [1.807, 2.05) is 25.1 Å². The van der Waals surface area contributed by atoms with Crippen LogP contribution in [0.1, 0.15) is 48.2 Å². The second-order valence-corrected chi connectivity index (χ2v) is 11.6. The fourth-order valence-electron chi connectivity index (χ4n) is 7.14. The SMILES string of the molecule is Cc1c(C(=O)NCCNC2C3CC4CC(C3)CC2C4)nn(-c2ccc(Cl)cc2Cl)c1-c1cccnc1. The number of nitrogens with one attached hydrogen (secondary N) is 2. The molecule has 188 valence electrons. The highest BCUT2D eigenvalue weighted by atomic mass is 35.5. The summed E-state index contributed by atoms with van der Waals surface area (Å²) in [5, 5.41) is 12.6. The highest BCUT2D eigenvalue weighted by molar-refractivity contribution is 6.35. The Morgan fingerprint density at radius 1 is 1.06 bits per heavy atom. The fraction of sp³-hybridized carbons (Fsp3) is 0.464. The van der Waals surface area contributed by atoms with Gasteiger partial charge in [0.15, 0.2) is 5.69 Å². The van der Waals surface area contributed by atoms with Gasteiger partial charge in [0.25, 0.3) is 5.91 Å². The van der Waals surface area contributed by atoms with Gasteiger partial charge in [-0.3, -0.25) is 9.78 Å². The van der Waals surface area contributed by atoms with E-state index >= 15 is 0 Å². The summed E-state index contributed by atoms with van der Waals surface area (Å²) in [6, 6.07) is 9.69. The first-order chi connectivity index (χ1) is 17.5. The molecule has 1 amide bonds. The molecular weight excluding hydrogens is 493 g/mol. The van der Waals surface area contributed by atoms with E-state index in [2.05, 4.69) is 15.6 Å². The summed E-state index contributed by atoms with van der Waals surface area (Å²) in [7, 11) is 0. The number of carbonyl (C=O) groups is 1. The van der Waals surface area contributed by atoms with E-state index in [-0.39, 0.29) is 5.91 Å². The molecule has 4 bridgehead atoms. The maximum atomic E-state index is 13.2. The summed E-state index contributed by atoms with van der Waals surface area (Å²) in [4.78, 5) is 17.5. The van der Waals surface area contributed by atoms with Crippen molar-refractivity contribution < 1.29 is 4.79 Å². The van der Waals surface area contributed by atoms with E-state index in [0.717, 1.165) is 47.0 Å². The summed E-state index contributed by atoms with van der Waals surface area (Å²) in [6.45, 7) is 3.26. The number of carbonyl (C=O) groups excluding carboxylic acids is 1. The Hall–Kier alpha value is -2.41. The van der Waals surface area contributed by atoms with Crippen LogP contribution in [-0.2, 0) is 0 Å². The third-order valence-electron chi connectivity index (χ3n) is 8.43. The van der Waals surface area contributed by atoms with Gasteiger partial charge in [0.05, 0.1) is 16.4 Å². The molecule has 2 heterocycles. The lowest BCUT2D eigenvalue weighted by atomic mass is 9.54. The van der Waals surface area contributed by atoms with Crippen molar-refractivity contribution in [1.29, 1.82) is 0 Å². The molecule has 0 atom stereocenters. The van der Waals surface area contributed by atoms with Gasteiger partial charge in [-0.2, -0.15) is 5.10 Å². The number of benzene rings is 1. The molecule has 4 fully saturated rings. The van der Waals surface area contributed by atoms with Gasteiger partial charge in [0.1, 0.15) is 0 Å². The maximum absolute atomic E-state index is 13.2. The molecule has 1 aromatic carbocycles. The molecule has 0 radical (unpaired) electrons. The quantitative estimate of drug-likeness (QED) is 0.390. The minimum Gasteiger partial charge on any atom is -0.349 e. The minimum absolute atomic E-state index is 0.187. The Bertz CT molecular complexity index is 1250. The van der Waals surface area contributed by atoms with Gasteiger partial charge in [-0.1, -0.05) is 23.2 Å². The van der Waals surface area contributed by atoms with Crippen LogP contribution in [0.5, 0.6) is 0 Å². The molecular formula is C28H31Cl2N5O. The number of halogens is 2. The van der Waals surface area contributed by atoms with Crippen LogP contribution >= 0.6 is 23.2 Å². The predicted molar refractivity (Wildman–Crippen MR) is 143 cm³/mol. The van der Waals surface area contributed by atoms with Gasteiger partial charge in [0.2, 0.25) is 0 Å². The number of hydrogen-bond donors (Lipinski definition) is 2. The van der Waals surface area contributed by atoms with Crippen LogP contribution in [0.4, 0.5) is 0 Å². The number of rotatable bonds is 7. The smallest absolute Gasteiger partial charge is 0.272 e. The van der Waals surface area contributed by atoms with E-state index in [4.69, 9.17) is 28.3 Å². The second kappa shape index (κ2) is 9.81. The van der Waals surface area contributed by atoms with Crippen molar-refractivity contribution in [2.45, 2.75) is 45.1 Å². The predicted octanol–water partition coefficient (Wildman–Crippen LogP) is 5.69. The third kappa shape index (κ3) is 4.44. The van der Waals surface area contributed by atoms with E-state index in [9.17, 15) is 4.79 Å². The molecule has 36 heavy (non-hydrogen) atoms. The zero-order chi connectivity index (χ0) is 24.8. The number of pyridine rings is 1. The van der Waals surface area contributed by atoms with Crippen molar-refractivity contribution in [1.82, 2.24) is 25.4 Å². The van der Waals surface area contributed by atoms with Crippen LogP contribution in [0.15, 0.2) is 42.7 Å². The summed E-state index contributed by atoms with van der Waals surface area (Å²) in [5.41, 5.74) is 3.46. The lowest BCUT2D eigenvalue weighted by Gasteiger charge is -2.54. The molecule has 0 saturated heterocycles. The van der Waals surface area contributed by atoms with E-state index < -0.39 is 0 Å². The van der Waals surface area contributed by atoms with Gasteiger partial charge in [-0.05, 0) is 93.0 Å². The molecule has 0 unspecified atom stereocenters. The third-order valence-corrected chi connectivity index (χ3v) is 8.97. The van der Waals surface area contributed by atoms with E-state index in [1.165, 1.54) is 32.1 Å². The average molecular weight is 524 g/mol.